The molecule has 3 aliphatic heterocycles. The lowest BCUT2D eigenvalue weighted by Crippen LogP contribution is -2.44. The van der Waals surface area contributed by atoms with Gasteiger partial charge in [0.1, 0.15) is 6.10 Å². The van der Waals surface area contributed by atoms with Crippen LogP contribution < -0.4 is 5.32 Å². The molecule has 4 rings (SSSR count). The summed E-state index contributed by atoms with van der Waals surface area (Å²) in [4.78, 5) is 24.2. The number of carbonyl (C=O) groups is 2. The number of nitrogens with one attached hydrogen (secondary N) is 1. The Bertz CT molecular complexity index is 1030. The fraction of sp³-hybridized carbons (Fsp3) is 0.586. The Kier molecular flexibility index (Phi) is 8.53. The summed E-state index contributed by atoms with van der Waals surface area (Å²) in [5, 5.41) is 2.77. The first-order chi connectivity index (χ1) is 17.5. The van der Waals surface area contributed by atoms with Crippen LogP contribution in [-0.4, -0.2) is 55.4 Å². The first-order valence-electron chi connectivity index (χ1n) is 13.0. The SMILES string of the molecule is CC(=O)O[C@@H](C)c1ccccc1C(=O)NC1OCC(CC=C(C)C=C[C@@H]2C[C@]3(CO3)CC(C)(C)O2)CO1. The number of rotatable bonds is 8. The molecular weight excluding hydrogens is 474 g/mol. The molecule has 1 spiro atoms. The average molecular weight is 514 g/mol. The molecule has 1 amide bonds. The lowest BCUT2D eigenvalue weighted by Gasteiger charge is -2.38. The topological polar surface area (TPSA) is 95.6 Å². The molecule has 3 heterocycles. The molecule has 0 aromatic heterocycles. The number of hydrogen-bond acceptors (Lipinski definition) is 7. The minimum Gasteiger partial charge on any atom is -0.458 e. The smallest absolute Gasteiger partial charge is 0.303 e. The number of hydrogen-bond donors (Lipinski definition) is 1. The lowest BCUT2D eigenvalue weighted by molar-refractivity contribution is -0.208. The highest BCUT2D eigenvalue weighted by atomic mass is 16.7. The van der Waals surface area contributed by atoms with Crippen molar-refractivity contribution >= 4 is 11.9 Å². The molecule has 0 unspecified atom stereocenters. The first-order valence-corrected chi connectivity index (χ1v) is 13.0. The van der Waals surface area contributed by atoms with Crippen molar-refractivity contribution in [2.45, 2.75) is 83.7 Å². The normalized spacial score (nSPS) is 30.2. The van der Waals surface area contributed by atoms with Gasteiger partial charge in [0.05, 0.1) is 37.1 Å². The number of allylic oxidation sites excluding steroid dienone is 3. The van der Waals surface area contributed by atoms with E-state index in [0.29, 0.717) is 24.3 Å². The Morgan fingerprint density at radius 2 is 1.89 bits per heavy atom. The van der Waals surface area contributed by atoms with E-state index in [-0.39, 0.29) is 29.1 Å². The molecule has 1 N–H and O–H groups in total. The van der Waals surface area contributed by atoms with Crippen LogP contribution in [0, 0.1) is 5.92 Å². The van der Waals surface area contributed by atoms with Gasteiger partial charge in [-0.25, -0.2) is 0 Å². The van der Waals surface area contributed by atoms with Crippen LogP contribution in [0.3, 0.4) is 0 Å². The van der Waals surface area contributed by atoms with E-state index in [0.717, 1.165) is 31.4 Å². The van der Waals surface area contributed by atoms with Gasteiger partial charge in [-0.2, -0.15) is 0 Å². The molecule has 0 bridgehead atoms. The summed E-state index contributed by atoms with van der Waals surface area (Å²) in [6.07, 6.45) is 7.78. The van der Waals surface area contributed by atoms with Crippen molar-refractivity contribution in [2.24, 2.45) is 5.92 Å². The quantitative estimate of drug-likeness (QED) is 0.308. The molecule has 37 heavy (non-hydrogen) atoms. The predicted molar refractivity (Wildman–Crippen MR) is 138 cm³/mol. The molecule has 3 aliphatic rings. The zero-order valence-electron chi connectivity index (χ0n) is 22.5. The highest BCUT2D eigenvalue weighted by molar-refractivity contribution is 5.95. The van der Waals surface area contributed by atoms with Crippen molar-refractivity contribution in [2.75, 3.05) is 19.8 Å². The van der Waals surface area contributed by atoms with Crippen LogP contribution in [0.15, 0.2) is 48.1 Å². The van der Waals surface area contributed by atoms with Gasteiger partial charge >= 0.3 is 5.97 Å². The van der Waals surface area contributed by atoms with Gasteiger partial charge in [0.2, 0.25) is 6.41 Å². The van der Waals surface area contributed by atoms with Crippen LogP contribution in [0.2, 0.25) is 0 Å². The number of amides is 1. The van der Waals surface area contributed by atoms with E-state index in [2.05, 4.69) is 44.3 Å². The van der Waals surface area contributed by atoms with E-state index in [1.807, 2.05) is 0 Å². The van der Waals surface area contributed by atoms with Gasteiger partial charge in [-0.1, -0.05) is 42.0 Å². The zero-order chi connectivity index (χ0) is 26.6. The largest absolute Gasteiger partial charge is 0.458 e. The molecule has 3 fully saturated rings. The number of epoxide rings is 1. The second kappa shape index (κ2) is 11.5. The van der Waals surface area contributed by atoms with Gasteiger partial charge in [-0.05, 0) is 40.2 Å². The third kappa shape index (κ3) is 7.74. The molecule has 8 heteroatoms. The van der Waals surface area contributed by atoms with Crippen molar-refractivity contribution in [3.63, 3.8) is 0 Å². The van der Waals surface area contributed by atoms with Crippen molar-refractivity contribution in [1.82, 2.24) is 5.32 Å². The number of carbonyl (C=O) groups excluding carboxylic acids is 2. The zero-order valence-corrected chi connectivity index (χ0v) is 22.5. The summed E-state index contributed by atoms with van der Waals surface area (Å²) in [6.45, 7) is 11.2. The van der Waals surface area contributed by atoms with Crippen LogP contribution in [0.25, 0.3) is 0 Å². The van der Waals surface area contributed by atoms with E-state index in [4.69, 9.17) is 23.7 Å². The van der Waals surface area contributed by atoms with Crippen LogP contribution in [-0.2, 0) is 28.5 Å². The summed E-state index contributed by atoms with van der Waals surface area (Å²) >= 11 is 0. The molecule has 202 valence electrons. The summed E-state index contributed by atoms with van der Waals surface area (Å²) in [7, 11) is 0. The van der Waals surface area contributed by atoms with E-state index < -0.39 is 18.5 Å². The Morgan fingerprint density at radius 1 is 1.19 bits per heavy atom. The molecule has 0 aliphatic carbocycles. The van der Waals surface area contributed by atoms with Crippen LogP contribution >= 0.6 is 0 Å². The predicted octanol–water partition coefficient (Wildman–Crippen LogP) is 4.61. The van der Waals surface area contributed by atoms with Gasteiger partial charge in [-0.3, -0.25) is 9.59 Å². The minimum absolute atomic E-state index is 0.0137. The maximum Gasteiger partial charge on any atom is 0.303 e. The van der Waals surface area contributed by atoms with Crippen molar-refractivity contribution in [3.05, 3.63) is 59.2 Å². The van der Waals surface area contributed by atoms with E-state index in [1.165, 1.54) is 6.92 Å². The second-order valence-electron chi connectivity index (χ2n) is 11.0. The van der Waals surface area contributed by atoms with Gasteiger partial charge in [0.25, 0.3) is 5.91 Å². The summed E-state index contributed by atoms with van der Waals surface area (Å²) < 4.78 is 28.7. The number of esters is 1. The summed E-state index contributed by atoms with van der Waals surface area (Å²) in [5.41, 5.74) is 2.04. The van der Waals surface area contributed by atoms with Crippen molar-refractivity contribution in [3.8, 4) is 0 Å². The van der Waals surface area contributed by atoms with Crippen LogP contribution in [0.5, 0.6) is 0 Å². The Labute approximate surface area is 219 Å². The molecule has 8 nitrogen and oxygen atoms in total. The highest BCUT2D eigenvalue weighted by Gasteiger charge is 2.53. The molecule has 0 radical (unpaired) electrons. The van der Waals surface area contributed by atoms with Crippen LogP contribution in [0.1, 0.15) is 75.9 Å². The minimum atomic E-state index is -0.824. The molecule has 0 saturated carbocycles. The van der Waals surface area contributed by atoms with Gasteiger partial charge in [-0.15, -0.1) is 0 Å². The average Bonchev–Trinajstić information content (AvgIpc) is 3.58. The van der Waals surface area contributed by atoms with Gasteiger partial charge in [0, 0.05) is 36.8 Å². The molecular formula is C29H39NO7. The van der Waals surface area contributed by atoms with Gasteiger partial charge < -0.3 is 29.0 Å². The molecule has 3 saturated heterocycles. The second-order valence-corrected chi connectivity index (χ2v) is 11.0. The Balaban J connectivity index is 1.23. The molecule has 1 aromatic rings. The van der Waals surface area contributed by atoms with Gasteiger partial charge in [0.15, 0.2) is 0 Å². The lowest BCUT2D eigenvalue weighted by atomic mass is 9.85. The fourth-order valence-electron chi connectivity index (χ4n) is 5.13. The summed E-state index contributed by atoms with van der Waals surface area (Å²) in [6, 6.07) is 7.02. The third-order valence-corrected chi connectivity index (χ3v) is 6.89. The van der Waals surface area contributed by atoms with E-state index in [9.17, 15) is 9.59 Å². The maximum absolute atomic E-state index is 12.9. The Morgan fingerprint density at radius 3 is 2.57 bits per heavy atom. The maximum atomic E-state index is 12.9. The third-order valence-electron chi connectivity index (χ3n) is 6.89. The van der Waals surface area contributed by atoms with E-state index >= 15 is 0 Å². The molecule has 3 atom stereocenters. The van der Waals surface area contributed by atoms with Crippen molar-refractivity contribution in [1.29, 1.82) is 0 Å². The standard InChI is InChI=1S/C29H39NO7/c1-19(11-13-23-14-29(18-35-29)17-28(4,5)37-23)10-12-22-15-33-27(34-16-22)30-26(32)25-9-7-6-8-24(25)20(2)36-21(3)31/h6-11,13,20,22-23,27H,12,14-18H2,1-5H3,(H,30,32)/t20-,22?,23+,27?,29+/m0/s1. The number of benzene rings is 1. The summed E-state index contributed by atoms with van der Waals surface area (Å²) in [5.74, 6) is -0.550. The fourth-order valence-corrected chi connectivity index (χ4v) is 5.13. The monoisotopic (exact) mass is 513 g/mol. The molecule has 1 aromatic carbocycles. The van der Waals surface area contributed by atoms with E-state index in [1.54, 1.807) is 31.2 Å². The number of ether oxygens (including phenoxy) is 5. The first kappa shape index (κ1) is 27.5. The highest BCUT2D eigenvalue weighted by Crippen LogP contribution is 2.46. The van der Waals surface area contributed by atoms with Crippen LogP contribution in [0.4, 0.5) is 0 Å². The Hall–Kier alpha value is -2.52. The van der Waals surface area contributed by atoms with Crippen molar-refractivity contribution < 1.29 is 33.3 Å².